The zero-order chi connectivity index (χ0) is 46.7. The van der Waals surface area contributed by atoms with Gasteiger partial charge >= 0.3 is 5.97 Å². The molecule has 3 aliphatic heterocycles. The lowest BCUT2D eigenvalue weighted by atomic mass is 9.84. The number of rotatable bonds is 10. The largest absolute Gasteiger partial charge is 0.464 e. The number of hydrogen-bond donors (Lipinski definition) is 3. The number of fused-ring (bicyclic) bond motifs is 6. The molecular formula is C51H73N7O7S4. The number of ether oxygens (including phenoxy) is 2. The summed E-state index contributed by atoms with van der Waals surface area (Å²) < 4.78 is 14.1. The van der Waals surface area contributed by atoms with Crippen LogP contribution in [0.5, 0.6) is 0 Å². The minimum Gasteiger partial charge on any atom is -0.464 e. The molecule has 2 saturated heterocycles. The van der Waals surface area contributed by atoms with Gasteiger partial charge in [-0.2, -0.15) is 54.0 Å². The van der Waals surface area contributed by atoms with Crippen molar-refractivity contribution in [3.05, 3.63) is 90.0 Å². The summed E-state index contributed by atoms with van der Waals surface area (Å²) in [5.74, 6) is -2.67. The van der Waals surface area contributed by atoms with Gasteiger partial charge in [-0.3, -0.25) is 29.0 Å². The number of amides is 4. The number of benzene rings is 3. The van der Waals surface area contributed by atoms with Crippen LogP contribution in [-0.4, -0.2) is 107 Å². The smallest absolute Gasteiger partial charge is 0.324 e. The lowest BCUT2D eigenvalue weighted by Gasteiger charge is -2.37. The zero-order valence-electron chi connectivity index (χ0n) is 40.9. The van der Waals surface area contributed by atoms with E-state index in [9.17, 15) is 24.0 Å². The number of aromatic nitrogens is 1. The number of nitrogens with one attached hydrogen (secondary N) is 2. The summed E-state index contributed by atoms with van der Waals surface area (Å²) in [6.07, 6.45) is 3.38. The molecule has 4 atom stereocenters. The van der Waals surface area contributed by atoms with E-state index < -0.39 is 47.2 Å². The molecule has 2 fully saturated rings. The van der Waals surface area contributed by atoms with Gasteiger partial charge in [-0.1, -0.05) is 70.7 Å². The highest BCUT2D eigenvalue weighted by molar-refractivity contribution is 7.59. The average Bonchev–Trinajstić information content (AvgIpc) is 3.90. The lowest BCUT2D eigenvalue weighted by molar-refractivity contribution is -0.155. The number of hydrogen-bond acceptors (Lipinski definition) is 9. The van der Waals surface area contributed by atoms with Crippen LogP contribution in [0.15, 0.2) is 73.3 Å². The summed E-state index contributed by atoms with van der Waals surface area (Å²) in [6, 6.07) is 17.7. The van der Waals surface area contributed by atoms with E-state index in [1.165, 1.54) is 16.0 Å². The molecule has 69 heavy (non-hydrogen) atoms. The molecule has 0 aliphatic carbocycles. The number of nitrogen functional groups attached to an aromatic ring is 1. The van der Waals surface area contributed by atoms with E-state index in [0.29, 0.717) is 57.6 Å². The molecule has 1 aromatic heterocycles. The summed E-state index contributed by atoms with van der Waals surface area (Å²) in [4.78, 5) is 72.4. The summed E-state index contributed by atoms with van der Waals surface area (Å²) in [7, 11) is 3.30. The van der Waals surface area contributed by atoms with Crippen molar-refractivity contribution in [2.24, 2.45) is 17.3 Å². The highest BCUT2D eigenvalue weighted by Gasteiger charge is 2.40. The first kappa shape index (κ1) is 58.7. The van der Waals surface area contributed by atoms with E-state index in [1.54, 1.807) is 19.1 Å². The van der Waals surface area contributed by atoms with Gasteiger partial charge in [0.1, 0.15) is 18.1 Å². The third-order valence-electron chi connectivity index (χ3n) is 13.1. The second kappa shape index (κ2) is 25.0. The average molecular weight is 1020 g/mol. The first-order valence-corrected chi connectivity index (χ1v) is 22.9. The van der Waals surface area contributed by atoms with Crippen molar-refractivity contribution in [1.29, 1.82) is 0 Å². The van der Waals surface area contributed by atoms with E-state index in [-0.39, 0.29) is 91.3 Å². The summed E-state index contributed by atoms with van der Waals surface area (Å²) in [6.45, 7) is 15.9. The predicted octanol–water partition coefficient (Wildman–Crippen LogP) is 6.34. The minimum absolute atomic E-state index is 0. The molecule has 3 aromatic carbocycles. The lowest BCUT2D eigenvalue weighted by Crippen LogP contribution is -2.62. The number of nitrogens with two attached hydrogens (primary N) is 1. The van der Waals surface area contributed by atoms with Crippen LogP contribution in [-0.2, 0) is 59.4 Å². The van der Waals surface area contributed by atoms with Crippen LogP contribution < -0.4 is 16.5 Å². The highest BCUT2D eigenvalue weighted by atomic mass is 32.1. The van der Waals surface area contributed by atoms with Gasteiger partial charge in [-0.05, 0) is 96.7 Å². The molecule has 6 bridgehead atoms. The van der Waals surface area contributed by atoms with Crippen molar-refractivity contribution in [3.8, 4) is 22.4 Å². The molecule has 0 radical (unpaired) electrons. The Morgan fingerprint density at radius 1 is 1.01 bits per heavy atom. The van der Waals surface area contributed by atoms with Gasteiger partial charge in [0.15, 0.2) is 0 Å². The fourth-order valence-electron chi connectivity index (χ4n) is 9.99. The van der Waals surface area contributed by atoms with Crippen LogP contribution in [0.4, 0.5) is 5.69 Å². The van der Waals surface area contributed by atoms with E-state index in [2.05, 4.69) is 73.0 Å². The van der Waals surface area contributed by atoms with Crippen molar-refractivity contribution in [3.63, 3.8) is 0 Å². The van der Waals surface area contributed by atoms with Crippen molar-refractivity contribution >= 4 is 100 Å². The third kappa shape index (κ3) is 12.9. The molecule has 3 aliphatic rings. The summed E-state index contributed by atoms with van der Waals surface area (Å²) >= 11 is 0. The number of likely N-dealkylation sites (tertiary alicyclic amines) is 1. The maximum absolute atomic E-state index is 14.7. The maximum atomic E-state index is 14.7. The van der Waals surface area contributed by atoms with Gasteiger partial charge in [0.2, 0.25) is 17.7 Å². The number of anilines is 1. The second-order valence-electron chi connectivity index (χ2n) is 19.0. The monoisotopic (exact) mass is 1020 g/mol. The fourth-order valence-corrected chi connectivity index (χ4v) is 9.99. The van der Waals surface area contributed by atoms with Gasteiger partial charge < -0.3 is 34.9 Å². The number of methoxy groups -OCH3 is 1. The molecule has 4 heterocycles. The Labute approximate surface area is 435 Å². The van der Waals surface area contributed by atoms with E-state index in [1.807, 2.05) is 44.2 Å². The first-order valence-electron chi connectivity index (χ1n) is 22.9. The SMILES string of the molecule is C=CC(=O)N1CC[C@H](C(=O)N(C)[C@H](C(=O)N[C@H]2Cc3cc(N)cc(c3)-c3ccc4c(c3)c(c(-c3ccccc3COC)n4CC)CC(C)(C)COC(=O)[C@@H]3CCCN(N3)C2=O)C(C)C)C1.S.S.S.S. The first-order chi connectivity index (χ1) is 31.0. The van der Waals surface area contributed by atoms with Gasteiger partial charge in [0.05, 0.1) is 24.8 Å². The van der Waals surface area contributed by atoms with Crippen LogP contribution in [0.3, 0.4) is 0 Å². The van der Waals surface area contributed by atoms with Crippen molar-refractivity contribution < 1.29 is 33.4 Å². The molecule has 4 aromatic rings. The Hall–Kier alpha value is -4.59. The quantitative estimate of drug-likeness (QED) is 0.0933. The van der Waals surface area contributed by atoms with Gasteiger partial charge in [-0.15, -0.1) is 0 Å². The van der Waals surface area contributed by atoms with Crippen molar-refractivity contribution in [2.45, 2.75) is 98.0 Å². The second-order valence-corrected chi connectivity index (χ2v) is 19.0. The van der Waals surface area contributed by atoms with Gasteiger partial charge in [0, 0.05) is 74.3 Å². The molecule has 0 unspecified atom stereocenters. The Morgan fingerprint density at radius 2 is 1.74 bits per heavy atom. The summed E-state index contributed by atoms with van der Waals surface area (Å²) in [5, 5.41) is 5.53. The molecule has 378 valence electrons. The van der Waals surface area contributed by atoms with Crippen LogP contribution in [0.25, 0.3) is 33.3 Å². The Morgan fingerprint density at radius 3 is 2.42 bits per heavy atom. The third-order valence-corrected chi connectivity index (χ3v) is 13.1. The van der Waals surface area contributed by atoms with Gasteiger partial charge in [-0.25, -0.2) is 5.43 Å². The van der Waals surface area contributed by atoms with Crippen molar-refractivity contribution in [1.82, 2.24) is 30.1 Å². The van der Waals surface area contributed by atoms with Crippen LogP contribution in [0.2, 0.25) is 0 Å². The summed E-state index contributed by atoms with van der Waals surface area (Å²) in [5.41, 5.74) is 17.8. The molecule has 0 saturated carbocycles. The number of hydrazine groups is 1. The Bertz CT molecular complexity index is 2500. The van der Waals surface area contributed by atoms with Crippen molar-refractivity contribution in [2.75, 3.05) is 46.1 Å². The standard InChI is InChI=1S/C51H65N7O7.4H2S/c1-9-44(59)56-21-19-34(28-56)48(61)55(7)45(31(3)4)47(60)53-42-24-32-22-36(25-37(52)23-32)33-17-18-43-39(26-33)40(46(57(43)10-2)38-15-12-11-14-35(38)29-64-8)27-51(5,6)30-65-50(63)41-16-13-20-58(54-41)49(42)62;;;;/h9,11-12,14-15,17-18,22-23,25-26,31,34,41-42,45,54H,1,10,13,16,19-21,24,27-30,52H2,2-8H3,(H,53,60);4*1H2/t34-,41-,42-,45-;;;;/m0..../s1. The van der Waals surface area contributed by atoms with Gasteiger partial charge in [0.25, 0.3) is 5.91 Å². The Balaban J connectivity index is 0.00000315. The number of aryl methyl sites for hydroxylation is 1. The molecule has 4 N–H and O–H groups in total. The fraction of sp³-hybridized carbons (Fsp3) is 0.471. The zero-order valence-corrected chi connectivity index (χ0v) is 44.9. The maximum Gasteiger partial charge on any atom is 0.324 e. The highest BCUT2D eigenvalue weighted by Crippen LogP contribution is 2.41. The number of nitrogens with zero attached hydrogens (tertiary/aromatic N) is 4. The minimum atomic E-state index is -1.10. The molecule has 14 nitrogen and oxygen atoms in total. The number of carbonyl (C=O) groups excluding carboxylic acids is 5. The van der Waals surface area contributed by atoms with E-state index in [0.717, 1.165) is 50.0 Å². The van der Waals surface area contributed by atoms with Crippen LogP contribution in [0, 0.1) is 17.3 Å². The predicted molar refractivity (Wildman–Crippen MR) is 293 cm³/mol. The van der Waals surface area contributed by atoms with E-state index in [4.69, 9.17) is 15.2 Å². The number of likely N-dealkylation sites (N-methyl/N-ethyl adjacent to an activating group) is 1. The molecule has 4 amide bonds. The van der Waals surface area contributed by atoms with Crippen LogP contribution >= 0.6 is 54.0 Å². The molecule has 0 spiro atoms. The van der Waals surface area contributed by atoms with Crippen LogP contribution in [0.1, 0.15) is 70.6 Å². The topological polar surface area (TPSA) is 169 Å². The molecular weight excluding hydrogens is 951 g/mol. The Kier molecular flexibility index (Phi) is 21.3. The number of cyclic esters (lactones) is 1. The number of carbonyl (C=O) groups is 5. The molecule has 7 rings (SSSR count). The normalized spacial score (nSPS) is 19.4. The number of esters is 1. The molecule has 18 heteroatoms. The van der Waals surface area contributed by atoms with E-state index >= 15 is 0 Å².